The zero-order chi connectivity index (χ0) is 27.3. The Morgan fingerprint density at radius 1 is 0.341 bits per heavy atom. The third-order valence-electron chi connectivity index (χ3n) is 8.37. The van der Waals surface area contributed by atoms with Gasteiger partial charge in [0.1, 0.15) is 0 Å². The topological polar surface area (TPSA) is 9.86 Å². The number of hydrogen-bond acceptors (Lipinski definition) is 0. The van der Waals surface area contributed by atoms with Crippen molar-refractivity contribution in [3.63, 3.8) is 0 Å². The summed E-state index contributed by atoms with van der Waals surface area (Å²) >= 11 is 0. The summed E-state index contributed by atoms with van der Waals surface area (Å²) in [6, 6.07) is 54.1. The third kappa shape index (κ3) is 3.72. The Balaban J connectivity index is 0.000000216. The van der Waals surface area contributed by atoms with E-state index in [0.29, 0.717) is 0 Å². The summed E-state index contributed by atoms with van der Waals surface area (Å²) in [5.74, 6) is 0. The molecule has 41 heavy (non-hydrogen) atoms. The molecular formula is C39H28N2. The van der Waals surface area contributed by atoms with Crippen molar-refractivity contribution < 1.29 is 0 Å². The van der Waals surface area contributed by atoms with Crippen molar-refractivity contribution in [3.8, 4) is 5.69 Å². The van der Waals surface area contributed by atoms with Crippen LogP contribution in [-0.2, 0) is 7.05 Å². The standard InChI is InChI=1S/C29H20N2.C10H8/c1-30-25-14-6-4-12-21(25)23-18-29-24(17-28(23)30)22-13-5-7-15-27(22)31(29)26-16-8-10-19-9-2-3-11-20(19)26;1-2-6-10-8-4-3-7-9(10)5-1/h2-18H,1H3;1-8H. The molecule has 2 heteroatoms. The van der Waals surface area contributed by atoms with Crippen LogP contribution in [0.5, 0.6) is 0 Å². The van der Waals surface area contributed by atoms with E-state index in [9.17, 15) is 0 Å². The summed E-state index contributed by atoms with van der Waals surface area (Å²) in [5, 5.41) is 10.3. The minimum Gasteiger partial charge on any atom is -0.344 e. The predicted molar refractivity (Wildman–Crippen MR) is 176 cm³/mol. The highest BCUT2D eigenvalue weighted by Gasteiger charge is 2.17. The fraction of sp³-hybridized carbons (Fsp3) is 0.0256. The molecule has 0 atom stereocenters. The molecule has 7 aromatic carbocycles. The summed E-state index contributed by atoms with van der Waals surface area (Å²) in [5.41, 5.74) is 6.26. The number of benzene rings is 7. The Morgan fingerprint density at radius 2 is 0.805 bits per heavy atom. The molecule has 0 radical (unpaired) electrons. The first-order valence-corrected chi connectivity index (χ1v) is 14.1. The third-order valence-corrected chi connectivity index (χ3v) is 8.37. The van der Waals surface area contributed by atoms with Crippen LogP contribution in [0.1, 0.15) is 0 Å². The van der Waals surface area contributed by atoms with Crippen molar-refractivity contribution in [3.05, 3.63) is 152 Å². The largest absolute Gasteiger partial charge is 0.344 e. The van der Waals surface area contributed by atoms with Gasteiger partial charge in [-0.15, -0.1) is 0 Å². The number of para-hydroxylation sites is 2. The Labute approximate surface area is 238 Å². The Kier molecular flexibility index (Phi) is 5.39. The molecule has 0 spiro atoms. The highest BCUT2D eigenvalue weighted by atomic mass is 15.0. The maximum Gasteiger partial charge on any atom is 0.0549 e. The summed E-state index contributed by atoms with van der Waals surface area (Å²) in [6.45, 7) is 0. The second-order valence-corrected chi connectivity index (χ2v) is 10.7. The van der Waals surface area contributed by atoms with Gasteiger partial charge in [0, 0.05) is 45.0 Å². The molecule has 0 saturated carbocycles. The maximum atomic E-state index is 2.44. The van der Waals surface area contributed by atoms with Gasteiger partial charge in [-0.2, -0.15) is 0 Å². The molecule has 0 saturated heterocycles. The number of aromatic nitrogens is 2. The van der Waals surface area contributed by atoms with Gasteiger partial charge in [0.2, 0.25) is 0 Å². The van der Waals surface area contributed by atoms with Crippen LogP contribution in [0.15, 0.2) is 152 Å². The zero-order valence-corrected chi connectivity index (χ0v) is 22.8. The highest BCUT2D eigenvalue weighted by molar-refractivity contribution is 6.18. The molecule has 0 aliphatic rings. The van der Waals surface area contributed by atoms with Crippen molar-refractivity contribution in [1.82, 2.24) is 9.13 Å². The lowest BCUT2D eigenvalue weighted by molar-refractivity contribution is 1.02. The van der Waals surface area contributed by atoms with Gasteiger partial charge in [0.05, 0.1) is 16.7 Å². The summed E-state index contributed by atoms with van der Waals surface area (Å²) < 4.78 is 4.75. The van der Waals surface area contributed by atoms with E-state index in [0.717, 1.165) is 0 Å². The smallest absolute Gasteiger partial charge is 0.0549 e. The minimum atomic E-state index is 1.23. The Morgan fingerprint density at radius 3 is 1.49 bits per heavy atom. The van der Waals surface area contributed by atoms with Crippen molar-refractivity contribution in [1.29, 1.82) is 0 Å². The lowest BCUT2D eigenvalue weighted by Gasteiger charge is -2.11. The molecule has 0 unspecified atom stereocenters. The van der Waals surface area contributed by atoms with E-state index in [-0.39, 0.29) is 0 Å². The fourth-order valence-corrected chi connectivity index (χ4v) is 6.42. The van der Waals surface area contributed by atoms with Gasteiger partial charge in [0.15, 0.2) is 0 Å². The van der Waals surface area contributed by atoms with Gasteiger partial charge < -0.3 is 9.13 Å². The quantitative estimate of drug-likeness (QED) is 0.202. The van der Waals surface area contributed by atoms with Crippen molar-refractivity contribution >= 4 is 65.2 Å². The van der Waals surface area contributed by atoms with Gasteiger partial charge >= 0.3 is 0 Å². The second kappa shape index (κ2) is 9.39. The van der Waals surface area contributed by atoms with E-state index >= 15 is 0 Å². The van der Waals surface area contributed by atoms with Crippen LogP contribution >= 0.6 is 0 Å². The van der Waals surface area contributed by atoms with Gasteiger partial charge in [-0.3, -0.25) is 0 Å². The molecule has 2 aromatic heterocycles. The van der Waals surface area contributed by atoms with E-state index < -0.39 is 0 Å². The van der Waals surface area contributed by atoms with E-state index in [1.165, 1.54) is 70.8 Å². The fourth-order valence-electron chi connectivity index (χ4n) is 6.42. The molecular weight excluding hydrogens is 496 g/mol. The van der Waals surface area contributed by atoms with Crippen molar-refractivity contribution in [2.24, 2.45) is 7.05 Å². The van der Waals surface area contributed by atoms with Crippen LogP contribution in [0, 0.1) is 0 Å². The second-order valence-electron chi connectivity index (χ2n) is 10.7. The lowest BCUT2D eigenvalue weighted by Crippen LogP contribution is -1.95. The van der Waals surface area contributed by atoms with E-state index in [4.69, 9.17) is 0 Å². The molecule has 2 nitrogen and oxygen atoms in total. The molecule has 0 N–H and O–H groups in total. The highest BCUT2D eigenvalue weighted by Crippen LogP contribution is 2.39. The zero-order valence-electron chi connectivity index (χ0n) is 22.8. The SMILES string of the molecule is Cn1c2ccccc2c2cc3c(cc21)c1ccccc1n3-c1cccc2ccccc12.c1ccc2ccccc2c1. The number of rotatable bonds is 1. The molecule has 194 valence electrons. The van der Waals surface area contributed by atoms with Crippen LogP contribution in [0.25, 0.3) is 70.8 Å². The van der Waals surface area contributed by atoms with Crippen LogP contribution in [0.2, 0.25) is 0 Å². The van der Waals surface area contributed by atoms with Gasteiger partial charge in [-0.05, 0) is 46.5 Å². The first kappa shape index (κ1) is 23.5. The Bertz CT molecular complexity index is 2320. The first-order chi connectivity index (χ1) is 20.3. The number of fused-ring (bicyclic) bond motifs is 8. The van der Waals surface area contributed by atoms with Crippen LogP contribution in [0.4, 0.5) is 0 Å². The number of nitrogens with zero attached hydrogens (tertiary/aromatic N) is 2. The molecule has 9 rings (SSSR count). The van der Waals surface area contributed by atoms with Crippen LogP contribution < -0.4 is 0 Å². The molecule has 0 bridgehead atoms. The predicted octanol–water partition coefficient (Wildman–Crippen LogP) is 10.4. The van der Waals surface area contributed by atoms with E-state index in [1.54, 1.807) is 0 Å². The normalized spacial score (nSPS) is 11.5. The van der Waals surface area contributed by atoms with E-state index in [1.807, 2.05) is 0 Å². The molecule has 0 amide bonds. The average Bonchev–Trinajstić information content (AvgIpc) is 3.51. The Hall–Kier alpha value is -5.34. The first-order valence-electron chi connectivity index (χ1n) is 14.1. The van der Waals surface area contributed by atoms with Gasteiger partial charge in [0.25, 0.3) is 0 Å². The molecule has 9 aromatic rings. The summed E-state index contributed by atoms with van der Waals surface area (Å²) in [6.07, 6.45) is 0. The molecule has 0 aliphatic heterocycles. The van der Waals surface area contributed by atoms with Gasteiger partial charge in [-0.1, -0.05) is 121 Å². The monoisotopic (exact) mass is 524 g/mol. The van der Waals surface area contributed by atoms with E-state index in [2.05, 4.69) is 168 Å². The number of aryl methyl sites for hydroxylation is 1. The lowest BCUT2D eigenvalue weighted by atomic mass is 10.1. The number of hydrogen-bond donors (Lipinski definition) is 0. The van der Waals surface area contributed by atoms with Crippen molar-refractivity contribution in [2.45, 2.75) is 0 Å². The summed E-state index contributed by atoms with van der Waals surface area (Å²) in [7, 11) is 2.17. The molecule has 0 aliphatic carbocycles. The van der Waals surface area contributed by atoms with Crippen LogP contribution in [0.3, 0.4) is 0 Å². The van der Waals surface area contributed by atoms with Crippen molar-refractivity contribution in [2.75, 3.05) is 0 Å². The summed E-state index contributed by atoms with van der Waals surface area (Å²) in [4.78, 5) is 0. The average molecular weight is 525 g/mol. The molecule has 2 heterocycles. The minimum absolute atomic E-state index is 1.23. The van der Waals surface area contributed by atoms with Gasteiger partial charge in [-0.25, -0.2) is 0 Å². The van der Waals surface area contributed by atoms with Crippen LogP contribution in [-0.4, -0.2) is 9.13 Å². The molecule has 0 fully saturated rings. The maximum absolute atomic E-state index is 2.44.